The number of oxime groups is 1. The zero-order valence-corrected chi connectivity index (χ0v) is 18.5. The average molecular weight is 420 g/mol. The summed E-state index contributed by atoms with van der Waals surface area (Å²) in [5.41, 5.74) is 2.11. The van der Waals surface area contributed by atoms with Crippen LogP contribution in [0.4, 0.5) is 0 Å². The van der Waals surface area contributed by atoms with Gasteiger partial charge in [0.25, 0.3) is 0 Å². The van der Waals surface area contributed by atoms with Crippen LogP contribution in [0, 0.1) is 6.92 Å². The van der Waals surface area contributed by atoms with Gasteiger partial charge in [-0.15, -0.1) is 0 Å². The van der Waals surface area contributed by atoms with Crippen molar-refractivity contribution in [3.05, 3.63) is 29.3 Å². The van der Waals surface area contributed by atoms with Crippen LogP contribution in [0.2, 0.25) is 0 Å². The summed E-state index contributed by atoms with van der Waals surface area (Å²) in [7, 11) is 0. The summed E-state index contributed by atoms with van der Waals surface area (Å²) in [4.78, 5) is 27.4. The predicted molar refractivity (Wildman–Crippen MR) is 119 cm³/mol. The molecule has 0 fully saturated rings. The Bertz CT molecular complexity index is 684. The van der Waals surface area contributed by atoms with E-state index in [4.69, 9.17) is 9.94 Å². The van der Waals surface area contributed by atoms with Crippen LogP contribution in [0.5, 0.6) is 5.75 Å². The minimum atomic E-state index is -0.943. The maximum absolute atomic E-state index is 11.9. The summed E-state index contributed by atoms with van der Waals surface area (Å²) >= 11 is 0. The zero-order chi connectivity index (χ0) is 22.2. The lowest BCUT2D eigenvalue weighted by atomic mass is 10.00. The molecule has 0 bridgehead atoms. The Balaban J connectivity index is 2.56. The lowest BCUT2D eigenvalue weighted by Gasteiger charge is -2.10. The highest BCUT2D eigenvalue weighted by Crippen LogP contribution is 2.22. The first-order chi connectivity index (χ1) is 14.4. The van der Waals surface area contributed by atoms with Gasteiger partial charge >= 0.3 is 11.9 Å². The molecule has 0 radical (unpaired) electrons. The fraction of sp³-hybridized carbons (Fsp3) is 0.625. The van der Waals surface area contributed by atoms with Crippen molar-refractivity contribution in [3.8, 4) is 5.75 Å². The lowest BCUT2D eigenvalue weighted by Crippen LogP contribution is -2.07. The third-order valence-corrected chi connectivity index (χ3v) is 5.01. The van der Waals surface area contributed by atoms with Gasteiger partial charge in [-0.1, -0.05) is 75.1 Å². The molecule has 6 heteroatoms. The van der Waals surface area contributed by atoms with Crippen LogP contribution in [0.25, 0.3) is 0 Å². The molecule has 168 valence electrons. The van der Waals surface area contributed by atoms with Crippen molar-refractivity contribution in [2.75, 3.05) is 0 Å². The number of unbranched alkanes of at least 4 members (excludes halogenated alkanes) is 8. The SMILES string of the molecule is CCCCCCCCCCC/C(=N/OC(=O)CCCC(=O)O)c1cc(C)ccc1O. The maximum atomic E-state index is 11.9. The van der Waals surface area contributed by atoms with E-state index in [0.717, 1.165) is 24.8 Å². The van der Waals surface area contributed by atoms with Gasteiger partial charge in [-0.2, -0.15) is 0 Å². The van der Waals surface area contributed by atoms with Crippen molar-refractivity contribution in [1.82, 2.24) is 0 Å². The topological polar surface area (TPSA) is 96.2 Å². The van der Waals surface area contributed by atoms with E-state index in [9.17, 15) is 14.7 Å². The molecule has 2 N–H and O–H groups in total. The van der Waals surface area contributed by atoms with E-state index < -0.39 is 11.9 Å². The highest BCUT2D eigenvalue weighted by Gasteiger charge is 2.12. The number of carboxylic acids is 1. The molecule has 0 spiro atoms. The molecule has 0 saturated heterocycles. The van der Waals surface area contributed by atoms with E-state index in [2.05, 4.69) is 12.1 Å². The zero-order valence-electron chi connectivity index (χ0n) is 18.5. The van der Waals surface area contributed by atoms with Crippen LogP contribution in [-0.2, 0) is 14.4 Å². The molecule has 0 aliphatic heterocycles. The number of benzene rings is 1. The number of aliphatic carboxylic acids is 1. The molecule has 0 heterocycles. The van der Waals surface area contributed by atoms with E-state index in [1.165, 1.54) is 38.5 Å². The Morgan fingerprint density at radius 3 is 2.17 bits per heavy atom. The van der Waals surface area contributed by atoms with Gasteiger partial charge in [-0.25, -0.2) is 4.79 Å². The quantitative estimate of drug-likeness (QED) is 0.145. The third-order valence-electron chi connectivity index (χ3n) is 5.01. The van der Waals surface area contributed by atoms with Gasteiger partial charge in [-0.3, -0.25) is 4.79 Å². The third kappa shape index (κ3) is 11.6. The summed E-state index contributed by atoms with van der Waals surface area (Å²) in [5, 5.41) is 22.9. The highest BCUT2D eigenvalue weighted by atomic mass is 16.7. The van der Waals surface area contributed by atoms with E-state index in [1.54, 1.807) is 6.07 Å². The standard InChI is InChI=1S/C24H37NO5/c1-3-4-5-6-7-8-9-10-11-13-21(20-18-19(2)16-17-22(20)26)25-30-24(29)15-12-14-23(27)28/h16-18,26H,3-15H2,1-2H3,(H,27,28)/b25-21-. The molecule has 6 nitrogen and oxygen atoms in total. The molecule has 0 atom stereocenters. The molecule has 30 heavy (non-hydrogen) atoms. The second-order valence-electron chi connectivity index (χ2n) is 7.85. The fourth-order valence-corrected chi connectivity index (χ4v) is 3.25. The largest absolute Gasteiger partial charge is 0.507 e. The molecule has 1 aromatic rings. The summed E-state index contributed by atoms with van der Waals surface area (Å²) < 4.78 is 0. The van der Waals surface area contributed by atoms with E-state index in [1.807, 2.05) is 19.1 Å². The molecular formula is C24H37NO5. The second-order valence-corrected chi connectivity index (χ2v) is 7.85. The smallest absolute Gasteiger partial charge is 0.335 e. The molecule has 0 saturated carbocycles. The molecule has 0 aliphatic carbocycles. The summed E-state index contributed by atoms with van der Waals surface area (Å²) in [6.07, 6.45) is 11.6. The summed E-state index contributed by atoms with van der Waals surface area (Å²) in [6.45, 7) is 4.15. The average Bonchev–Trinajstić information content (AvgIpc) is 2.70. The van der Waals surface area contributed by atoms with Crippen molar-refractivity contribution < 1.29 is 24.6 Å². The number of carbonyl (C=O) groups is 2. The van der Waals surface area contributed by atoms with Crippen molar-refractivity contribution in [2.24, 2.45) is 5.16 Å². The van der Waals surface area contributed by atoms with Gasteiger partial charge in [0, 0.05) is 18.4 Å². The summed E-state index contributed by atoms with van der Waals surface area (Å²) in [5.74, 6) is -1.40. The van der Waals surface area contributed by atoms with Gasteiger partial charge in [0.15, 0.2) is 0 Å². The van der Waals surface area contributed by atoms with Crippen molar-refractivity contribution in [1.29, 1.82) is 0 Å². The van der Waals surface area contributed by atoms with E-state index in [-0.39, 0.29) is 25.0 Å². The number of phenols is 1. The highest BCUT2D eigenvalue weighted by molar-refractivity contribution is 6.02. The Morgan fingerprint density at radius 1 is 0.900 bits per heavy atom. The van der Waals surface area contributed by atoms with E-state index in [0.29, 0.717) is 17.7 Å². The first kappa shape index (κ1) is 25.7. The number of aromatic hydroxyl groups is 1. The number of carboxylic acid groups (broad SMARTS) is 1. The first-order valence-corrected chi connectivity index (χ1v) is 11.2. The normalized spacial score (nSPS) is 11.5. The molecule has 0 aliphatic rings. The molecule has 0 unspecified atom stereocenters. The van der Waals surface area contributed by atoms with Crippen LogP contribution >= 0.6 is 0 Å². The minimum absolute atomic E-state index is 0.000904. The summed E-state index contributed by atoms with van der Waals surface area (Å²) in [6, 6.07) is 5.26. The Morgan fingerprint density at radius 2 is 1.53 bits per heavy atom. The molecule has 0 amide bonds. The fourth-order valence-electron chi connectivity index (χ4n) is 3.25. The maximum Gasteiger partial charge on any atom is 0.335 e. The lowest BCUT2D eigenvalue weighted by molar-refractivity contribution is -0.144. The number of hydrogen-bond donors (Lipinski definition) is 2. The number of nitrogens with zero attached hydrogens (tertiary/aromatic N) is 1. The number of rotatable bonds is 16. The van der Waals surface area contributed by atoms with Crippen molar-refractivity contribution in [3.63, 3.8) is 0 Å². The van der Waals surface area contributed by atoms with Gasteiger partial charge in [-0.05, 0) is 38.3 Å². The van der Waals surface area contributed by atoms with E-state index >= 15 is 0 Å². The van der Waals surface area contributed by atoms with Crippen molar-refractivity contribution in [2.45, 2.75) is 97.3 Å². The molecule has 0 aromatic heterocycles. The van der Waals surface area contributed by atoms with Crippen LogP contribution < -0.4 is 0 Å². The van der Waals surface area contributed by atoms with Crippen LogP contribution in [-0.4, -0.2) is 27.9 Å². The Kier molecular flexibility index (Phi) is 13.2. The number of aryl methyl sites for hydroxylation is 1. The first-order valence-electron chi connectivity index (χ1n) is 11.2. The number of hydrogen-bond acceptors (Lipinski definition) is 5. The minimum Gasteiger partial charge on any atom is -0.507 e. The number of phenolic OH excluding ortho intramolecular Hbond substituents is 1. The Labute approximate surface area is 180 Å². The van der Waals surface area contributed by atoms with Crippen LogP contribution in [0.15, 0.2) is 23.4 Å². The molecule has 1 rings (SSSR count). The monoisotopic (exact) mass is 419 g/mol. The van der Waals surface area contributed by atoms with Gasteiger partial charge < -0.3 is 15.1 Å². The van der Waals surface area contributed by atoms with Crippen LogP contribution in [0.3, 0.4) is 0 Å². The van der Waals surface area contributed by atoms with Crippen LogP contribution in [0.1, 0.15) is 102 Å². The second kappa shape index (κ2) is 15.5. The van der Waals surface area contributed by atoms with Gasteiger partial charge in [0.1, 0.15) is 5.75 Å². The Hall–Kier alpha value is -2.37. The number of carbonyl (C=O) groups excluding carboxylic acids is 1. The molecular weight excluding hydrogens is 382 g/mol. The predicted octanol–water partition coefficient (Wildman–Crippen LogP) is 6.12. The van der Waals surface area contributed by atoms with Gasteiger partial charge in [0.2, 0.25) is 0 Å². The van der Waals surface area contributed by atoms with Crippen molar-refractivity contribution >= 4 is 17.7 Å². The molecule has 1 aromatic carbocycles. The van der Waals surface area contributed by atoms with Gasteiger partial charge in [0.05, 0.1) is 5.71 Å².